The van der Waals surface area contributed by atoms with E-state index in [1.54, 1.807) is 31.2 Å². The summed E-state index contributed by atoms with van der Waals surface area (Å²) >= 11 is 0. The first-order chi connectivity index (χ1) is 9.63. The third-order valence-corrected chi connectivity index (χ3v) is 2.72. The molecule has 0 fully saturated rings. The van der Waals surface area contributed by atoms with Gasteiger partial charge in [-0.2, -0.15) is 5.26 Å². The van der Waals surface area contributed by atoms with Crippen LogP contribution < -0.4 is 5.43 Å². The SMILES string of the molecule is CC.Cc1ccccc(-c2ccc(F)cc2C#N)c1=O. The van der Waals surface area contributed by atoms with E-state index in [1.165, 1.54) is 12.1 Å². The van der Waals surface area contributed by atoms with Crippen LogP contribution in [0.2, 0.25) is 0 Å². The molecule has 102 valence electrons. The Bertz CT molecular complexity index is 702. The van der Waals surface area contributed by atoms with E-state index < -0.39 is 5.82 Å². The van der Waals surface area contributed by atoms with Crippen molar-refractivity contribution in [3.8, 4) is 17.2 Å². The molecule has 0 atom stereocenters. The molecule has 0 aliphatic rings. The predicted octanol–water partition coefficient (Wildman–Crippen LogP) is 4.06. The van der Waals surface area contributed by atoms with E-state index in [0.717, 1.165) is 6.07 Å². The molecule has 0 saturated heterocycles. The number of hydrogen-bond acceptors (Lipinski definition) is 2. The van der Waals surface area contributed by atoms with Crippen LogP contribution in [-0.2, 0) is 0 Å². The van der Waals surface area contributed by atoms with Crippen LogP contribution in [-0.4, -0.2) is 0 Å². The first kappa shape index (κ1) is 15.6. The largest absolute Gasteiger partial charge is 0.289 e. The number of hydrogen-bond donors (Lipinski definition) is 0. The molecule has 0 heterocycles. The van der Waals surface area contributed by atoms with Gasteiger partial charge in [-0.05, 0) is 24.6 Å². The average molecular weight is 269 g/mol. The summed E-state index contributed by atoms with van der Waals surface area (Å²) in [7, 11) is 0. The lowest BCUT2D eigenvalue weighted by Crippen LogP contribution is -2.05. The van der Waals surface area contributed by atoms with Gasteiger partial charge in [-0.3, -0.25) is 4.79 Å². The van der Waals surface area contributed by atoms with E-state index in [1.807, 2.05) is 19.9 Å². The van der Waals surface area contributed by atoms with Gasteiger partial charge in [-0.15, -0.1) is 0 Å². The Morgan fingerprint density at radius 1 is 1.05 bits per heavy atom. The third kappa shape index (κ3) is 3.30. The van der Waals surface area contributed by atoms with Crippen molar-refractivity contribution < 1.29 is 4.39 Å². The second-order valence-corrected chi connectivity index (χ2v) is 3.95. The Kier molecular flexibility index (Phi) is 5.61. The molecule has 0 aliphatic heterocycles. The monoisotopic (exact) mass is 269 g/mol. The smallest absolute Gasteiger partial charge is 0.189 e. The van der Waals surface area contributed by atoms with Gasteiger partial charge in [-0.1, -0.05) is 44.2 Å². The van der Waals surface area contributed by atoms with Crippen LogP contribution in [0.4, 0.5) is 4.39 Å². The molecule has 0 saturated carbocycles. The third-order valence-electron chi connectivity index (χ3n) is 2.72. The molecule has 0 amide bonds. The quantitative estimate of drug-likeness (QED) is 0.783. The Morgan fingerprint density at radius 2 is 1.70 bits per heavy atom. The Labute approximate surface area is 118 Å². The lowest BCUT2D eigenvalue weighted by atomic mass is 10.0. The summed E-state index contributed by atoms with van der Waals surface area (Å²) in [6.07, 6.45) is 0. The van der Waals surface area contributed by atoms with E-state index >= 15 is 0 Å². The fraction of sp³-hybridized carbons (Fsp3) is 0.176. The normalized spacial score (nSPS) is 9.15. The molecule has 2 rings (SSSR count). The highest BCUT2D eigenvalue weighted by Gasteiger charge is 2.09. The van der Waals surface area contributed by atoms with Crippen LogP contribution in [0.5, 0.6) is 0 Å². The number of halogens is 1. The minimum absolute atomic E-state index is 0.150. The Balaban J connectivity index is 0.000000956. The Morgan fingerprint density at radius 3 is 2.35 bits per heavy atom. The molecule has 0 spiro atoms. The lowest BCUT2D eigenvalue weighted by molar-refractivity contribution is 0.627. The highest BCUT2D eigenvalue weighted by molar-refractivity contribution is 5.70. The highest BCUT2D eigenvalue weighted by Crippen LogP contribution is 2.21. The molecule has 2 aromatic carbocycles. The van der Waals surface area contributed by atoms with Gasteiger partial charge in [0.2, 0.25) is 0 Å². The van der Waals surface area contributed by atoms with Crippen molar-refractivity contribution in [1.29, 1.82) is 5.26 Å². The number of benzene rings is 1. The molecule has 2 aromatic rings. The second kappa shape index (κ2) is 7.20. The molecular formula is C17H16FNO. The minimum Gasteiger partial charge on any atom is -0.289 e. The van der Waals surface area contributed by atoms with Crippen molar-refractivity contribution in [3.05, 3.63) is 69.6 Å². The number of rotatable bonds is 1. The van der Waals surface area contributed by atoms with Crippen LogP contribution in [0.1, 0.15) is 25.0 Å². The highest BCUT2D eigenvalue weighted by atomic mass is 19.1. The summed E-state index contributed by atoms with van der Waals surface area (Å²) in [4.78, 5) is 12.1. The fourth-order valence-electron chi connectivity index (χ4n) is 1.77. The van der Waals surface area contributed by atoms with Crippen LogP contribution >= 0.6 is 0 Å². The zero-order chi connectivity index (χ0) is 15.1. The summed E-state index contributed by atoms with van der Waals surface area (Å²) in [6.45, 7) is 5.71. The molecule has 0 N–H and O–H groups in total. The van der Waals surface area contributed by atoms with Gasteiger partial charge in [0.25, 0.3) is 0 Å². The van der Waals surface area contributed by atoms with Crippen molar-refractivity contribution in [2.75, 3.05) is 0 Å². The topological polar surface area (TPSA) is 40.9 Å². The molecule has 0 aliphatic carbocycles. The maximum absolute atomic E-state index is 13.1. The number of nitriles is 1. The van der Waals surface area contributed by atoms with Gasteiger partial charge in [0, 0.05) is 11.1 Å². The van der Waals surface area contributed by atoms with Gasteiger partial charge in [0.05, 0.1) is 11.6 Å². The summed E-state index contributed by atoms with van der Waals surface area (Å²) in [6, 6.07) is 12.6. The first-order valence-electron chi connectivity index (χ1n) is 6.43. The molecule has 3 heteroatoms. The van der Waals surface area contributed by atoms with Gasteiger partial charge < -0.3 is 0 Å². The van der Waals surface area contributed by atoms with E-state index in [4.69, 9.17) is 5.26 Å². The summed E-state index contributed by atoms with van der Waals surface area (Å²) in [5.74, 6) is -0.486. The van der Waals surface area contributed by atoms with Crippen LogP contribution in [0, 0.1) is 24.1 Å². The zero-order valence-electron chi connectivity index (χ0n) is 11.8. The van der Waals surface area contributed by atoms with E-state index in [0.29, 0.717) is 16.7 Å². The summed E-state index contributed by atoms with van der Waals surface area (Å²) < 4.78 is 13.1. The predicted molar refractivity (Wildman–Crippen MR) is 78.9 cm³/mol. The molecular weight excluding hydrogens is 253 g/mol. The van der Waals surface area contributed by atoms with E-state index in [2.05, 4.69) is 0 Å². The summed E-state index contributed by atoms with van der Waals surface area (Å²) in [5, 5.41) is 9.01. The Hall–Kier alpha value is -2.47. The minimum atomic E-state index is -0.486. The fourth-order valence-corrected chi connectivity index (χ4v) is 1.77. The number of nitrogens with zero attached hydrogens (tertiary/aromatic N) is 1. The van der Waals surface area contributed by atoms with Crippen LogP contribution in [0.15, 0.2) is 47.3 Å². The van der Waals surface area contributed by atoms with Crippen molar-refractivity contribution in [3.63, 3.8) is 0 Å². The van der Waals surface area contributed by atoms with Gasteiger partial charge in [0.1, 0.15) is 5.82 Å². The van der Waals surface area contributed by atoms with Crippen molar-refractivity contribution in [2.45, 2.75) is 20.8 Å². The zero-order valence-corrected chi connectivity index (χ0v) is 11.8. The standard InChI is InChI=1S/C15H10FNO.C2H6/c1-10-4-2-3-5-14(15(10)18)13-7-6-12(16)8-11(13)9-17;1-2/h2-8H,1H3;1-2H3. The van der Waals surface area contributed by atoms with E-state index in [9.17, 15) is 9.18 Å². The van der Waals surface area contributed by atoms with Gasteiger partial charge >= 0.3 is 0 Å². The maximum Gasteiger partial charge on any atom is 0.189 e. The second-order valence-electron chi connectivity index (χ2n) is 3.95. The number of aryl methyl sites for hydroxylation is 1. The molecule has 0 bridgehead atoms. The van der Waals surface area contributed by atoms with Gasteiger partial charge in [0.15, 0.2) is 5.43 Å². The molecule has 0 aromatic heterocycles. The average Bonchev–Trinajstić information content (AvgIpc) is 2.64. The van der Waals surface area contributed by atoms with Crippen molar-refractivity contribution in [2.24, 2.45) is 0 Å². The van der Waals surface area contributed by atoms with Crippen LogP contribution in [0.3, 0.4) is 0 Å². The molecule has 2 nitrogen and oxygen atoms in total. The van der Waals surface area contributed by atoms with E-state index in [-0.39, 0.29) is 11.0 Å². The molecule has 20 heavy (non-hydrogen) atoms. The van der Waals surface area contributed by atoms with Crippen molar-refractivity contribution in [1.82, 2.24) is 0 Å². The first-order valence-corrected chi connectivity index (χ1v) is 6.43. The molecule has 0 unspecified atom stereocenters. The van der Waals surface area contributed by atoms with Crippen molar-refractivity contribution >= 4 is 0 Å². The summed E-state index contributed by atoms with van der Waals surface area (Å²) in [5.41, 5.74) is 1.47. The van der Waals surface area contributed by atoms with Gasteiger partial charge in [-0.25, -0.2) is 4.39 Å². The van der Waals surface area contributed by atoms with Crippen LogP contribution in [0.25, 0.3) is 11.1 Å². The lowest BCUT2D eigenvalue weighted by Gasteiger charge is -2.02. The maximum atomic E-state index is 13.1. The molecule has 0 radical (unpaired) electrons.